The molecule has 0 saturated heterocycles. The van der Waals surface area contributed by atoms with Crippen LogP contribution in [0.2, 0.25) is 0 Å². The van der Waals surface area contributed by atoms with Gasteiger partial charge in [0.25, 0.3) is 5.56 Å². The number of alkyl halides is 3. The molecule has 0 radical (unpaired) electrons. The van der Waals surface area contributed by atoms with Crippen LogP contribution in [0.3, 0.4) is 0 Å². The van der Waals surface area contributed by atoms with Gasteiger partial charge in [0.2, 0.25) is 5.95 Å². The number of rotatable bonds is 8. The minimum Gasteiger partial charge on any atom is -0.351 e. The van der Waals surface area contributed by atoms with Crippen molar-refractivity contribution in [2.24, 2.45) is 0 Å². The standard InChI is InChI=1S/C18H21F4N3O3/c1-4-27-16(28-5-2)10-23-17-24-14(18(20,21)22)9-15(26)25(17)13-7-6-11(3)8-12(13)19/h6-9,16H,4-5,10H2,1-3H3,(H,23,24). The van der Waals surface area contributed by atoms with Gasteiger partial charge in [0.05, 0.1) is 12.2 Å². The van der Waals surface area contributed by atoms with Gasteiger partial charge in [0.15, 0.2) is 12.0 Å². The van der Waals surface area contributed by atoms with Crippen LogP contribution in [0.5, 0.6) is 0 Å². The predicted molar refractivity (Wildman–Crippen MR) is 95.1 cm³/mol. The van der Waals surface area contributed by atoms with Crippen molar-refractivity contribution in [2.75, 3.05) is 25.1 Å². The summed E-state index contributed by atoms with van der Waals surface area (Å²) in [5.74, 6) is -1.23. The lowest BCUT2D eigenvalue weighted by Gasteiger charge is -2.20. The van der Waals surface area contributed by atoms with Gasteiger partial charge >= 0.3 is 6.18 Å². The van der Waals surface area contributed by atoms with E-state index in [1.54, 1.807) is 20.8 Å². The number of nitrogens with zero attached hydrogens (tertiary/aromatic N) is 2. The normalized spacial score (nSPS) is 11.9. The smallest absolute Gasteiger partial charge is 0.351 e. The molecule has 2 rings (SSSR count). The quantitative estimate of drug-likeness (QED) is 0.540. The van der Waals surface area contributed by atoms with Gasteiger partial charge in [0.1, 0.15) is 5.82 Å². The fraction of sp³-hybridized carbons (Fsp3) is 0.444. The Bertz CT molecular complexity index is 862. The van der Waals surface area contributed by atoms with Gasteiger partial charge in [0, 0.05) is 19.3 Å². The topological polar surface area (TPSA) is 65.4 Å². The average Bonchev–Trinajstić information content (AvgIpc) is 2.60. The first kappa shape index (κ1) is 21.8. The van der Waals surface area contributed by atoms with E-state index in [2.05, 4.69) is 10.3 Å². The Hall–Kier alpha value is -2.46. The highest BCUT2D eigenvalue weighted by Gasteiger charge is 2.34. The molecule has 0 aliphatic rings. The summed E-state index contributed by atoms with van der Waals surface area (Å²) in [7, 11) is 0. The van der Waals surface area contributed by atoms with Crippen molar-refractivity contribution in [1.82, 2.24) is 9.55 Å². The highest BCUT2D eigenvalue weighted by molar-refractivity contribution is 5.44. The summed E-state index contributed by atoms with van der Waals surface area (Å²) in [5, 5.41) is 2.61. The fourth-order valence-electron chi connectivity index (χ4n) is 2.48. The van der Waals surface area contributed by atoms with Gasteiger partial charge in [-0.2, -0.15) is 13.2 Å². The number of hydrogen-bond acceptors (Lipinski definition) is 5. The molecular weight excluding hydrogens is 382 g/mol. The zero-order valence-electron chi connectivity index (χ0n) is 15.6. The lowest BCUT2D eigenvalue weighted by molar-refractivity contribution is -0.141. The van der Waals surface area contributed by atoms with Crippen molar-refractivity contribution in [2.45, 2.75) is 33.2 Å². The fourth-order valence-corrected chi connectivity index (χ4v) is 2.48. The molecule has 0 aliphatic heterocycles. The molecule has 0 aliphatic carbocycles. The Morgan fingerprint density at radius 2 is 1.82 bits per heavy atom. The van der Waals surface area contributed by atoms with E-state index in [-0.39, 0.29) is 12.2 Å². The number of hydrogen-bond donors (Lipinski definition) is 1. The Balaban J connectivity index is 2.53. The van der Waals surface area contributed by atoms with E-state index < -0.39 is 35.5 Å². The van der Waals surface area contributed by atoms with E-state index in [0.717, 1.165) is 4.57 Å². The lowest BCUT2D eigenvalue weighted by atomic mass is 10.2. The first-order valence-corrected chi connectivity index (χ1v) is 8.62. The van der Waals surface area contributed by atoms with Crippen molar-refractivity contribution >= 4 is 5.95 Å². The van der Waals surface area contributed by atoms with Crippen molar-refractivity contribution in [3.8, 4) is 5.69 Å². The number of nitrogens with one attached hydrogen (secondary N) is 1. The Kier molecular flexibility index (Phi) is 7.14. The third-order valence-electron chi connectivity index (χ3n) is 3.69. The van der Waals surface area contributed by atoms with E-state index in [0.29, 0.717) is 24.8 Å². The minimum atomic E-state index is -4.83. The molecule has 0 bridgehead atoms. The molecule has 0 spiro atoms. The first-order valence-electron chi connectivity index (χ1n) is 8.62. The largest absolute Gasteiger partial charge is 0.433 e. The number of aryl methyl sites for hydroxylation is 1. The maximum atomic E-state index is 14.4. The van der Waals surface area contributed by atoms with Crippen LogP contribution in [-0.4, -0.2) is 35.6 Å². The van der Waals surface area contributed by atoms with Crippen LogP contribution in [-0.2, 0) is 15.7 Å². The molecule has 28 heavy (non-hydrogen) atoms. The Morgan fingerprint density at radius 3 is 2.36 bits per heavy atom. The summed E-state index contributed by atoms with van der Waals surface area (Å²) in [4.78, 5) is 15.9. The van der Waals surface area contributed by atoms with E-state index >= 15 is 0 Å². The summed E-state index contributed by atoms with van der Waals surface area (Å²) >= 11 is 0. The van der Waals surface area contributed by atoms with Crippen molar-refractivity contribution in [1.29, 1.82) is 0 Å². The second-order valence-corrected chi connectivity index (χ2v) is 5.81. The van der Waals surface area contributed by atoms with Gasteiger partial charge in [-0.25, -0.2) is 13.9 Å². The monoisotopic (exact) mass is 403 g/mol. The van der Waals surface area contributed by atoms with Crippen LogP contribution in [0, 0.1) is 12.7 Å². The van der Waals surface area contributed by atoms with E-state index in [4.69, 9.17) is 9.47 Å². The number of ether oxygens (including phenoxy) is 2. The molecule has 0 fully saturated rings. The number of halogens is 4. The number of benzene rings is 1. The van der Waals surface area contributed by atoms with E-state index in [9.17, 15) is 22.4 Å². The molecule has 1 aromatic carbocycles. The van der Waals surface area contributed by atoms with Gasteiger partial charge in [-0.3, -0.25) is 4.79 Å². The highest BCUT2D eigenvalue weighted by Crippen LogP contribution is 2.28. The number of aromatic nitrogens is 2. The summed E-state index contributed by atoms with van der Waals surface area (Å²) in [6.45, 7) is 5.62. The molecule has 1 N–H and O–H groups in total. The van der Waals surface area contributed by atoms with Gasteiger partial charge in [-0.15, -0.1) is 0 Å². The molecule has 1 aromatic heterocycles. The minimum absolute atomic E-state index is 0.0943. The molecule has 0 unspecified atom stereocenters. The maximum absolute atomic E-state index is 14.4. The maximum Gasteiger partial charge on any atom is 0.433 e. The van der Waals surface area contributed by atoms with Gasteiger partial charge < -0.3 is 14.8 Å². The SMILES string of the molecule is CCOC(CNc1nc(C(F)(F)F)cc(=O)n1-c1ccc(C)cc1F)OCC. The van der Waals surface area contributed by atoms with E-state index in [1.807, 2.05) is 0 Å². The molecule has 6 nitrogen and oxygen atoms in total. The first-order chi connectivity index (χ1) is 13.2. The molecular formula is C18H21F4N3O3. The Labute approximate surface area is 159 Å². The molecule has 1 heterocycles. The van der Waals surface area contributed by atoms with Crippen molar-refractivity contribution < 1.29 is 27.0 Å². The van der Waals surface area contributed by atoms with Crippen LogP contribution < -0.4 is 10.9 Å². The van der Waals surface area contributed by atoms with Crippen molar-refractivity contribution in [3.05, 3.63) is 51.7 Å². The number of anilines is 1. The zero-order chi connectivity index (χ0) is 20.9. The second-order valence-electron chi connectivity index (χ2n) is 5.81. The van der Waals surface area contributed by atoms with Crippen LogP contribution >= 0.6 is 0 Å². The van der Waals surface area contributed by atoms with Crippen LogP contribution in [0.15, 0.2) is 29.1 Å². The van der Waals surface area contributed by atoms with Crippen LogP contribution in [0.25, 0.3) is 5.69 Å². The summed E-state index contributed by atoms with van der Waals surface area (Å²) in [5.41, 5.74) is -2.08. The van der Waals surface area contributed by atoms with Crippen LogP contribution in [0.1, 0.15) is 25.1 Å². The molecule has 10 heteroatoms. The van der Waals surface area contributed by atoms with Crippen molar-refractivity contribution in [3.63, 3.8) is 0 Å². The van der Waals surface area contributed by atoms with Gasteiger partial charge in [-0.05, 0) is 38.5 Å². The highest BCUT2D eigenvalue weighted by atomic mass is 19.4. The molecule has 0 amide bonds. The predicted octanol–water partition coefficient (Wildman–Crippen LogP) is 3.51. The summed E-state index contributed by atoms with van der Waals surface area (Å²) in [6, 6.07) is 4.34. The summed E-state index contributed by atoms with van der Waals surface area (Å²) < 4.78 is 65.1. The third-order valence-corrected chi connectivity index (χ3v) is 3.69. The molecule has 2 aromatic rings. The second kappa shape index (κ2) is 9.16. The molecule has 154 valence electrons. The zero-order valence-corrected chi connectivity index (χ0v) is 15.6. The summed E-state index contributed by atoms with van der Waals surface area (Å²) in [6.07, 6.45) is -5.61. The molecule has 0 atom stereocenters. The lowest BCUT2D eigenvalue weighted by Crippen LogP contribution is -2.31. The van der Waals surface area contributed by atoms with E-state index in [1.165, 1.54) is 18.2 Å². The van der Waals surface area contributed by atoms with Crippen LogP contribution in [0.4, 0.5) is 23.5 Å². The molecule has 0 saturated carbocycles. The average molecular weight is 403 g/mol. The third kappa shape index (κ3) is 5.29. The van der Waals surface area contributed by atoms with Gasteiger partial charge in [-0.1, -0.05) is 6.07 Å². The Morgan fingerprint density at radius 1 is 1.18 bits per heavy atom.